The van der Waals surface area contributed by atoms with Gasteiger partial charge in [-0.1, -0.05) is 18.2 Å². The molecule has 0 atom stereocenters. The van der Waals surface area contributed by atoms with E-state index >= 15 is 0 Å². The lowest BCUT2D eigenvalue weighted by molar-refractivity contribution is 0.252. The minimum absolute atomic E-state index is 0.296. The van der Waals surface area contributed by atoms with E-state index < -0.39 is 5.69 Å². The molecule has 0 aliphatic rings. The van der Waals surface area contributed by atoms with Crippen molar-refractivity contribution in [3.8, 4) is 11.4 Å². The van der Waals surface area contributed by atoms with Gasteiger partial charge in [0.1, 0.15) is 4.83 Å². The summed E-state index contributed by atoms with van der Waals surface area (Å²) in [5, 5.41) is 7.65. The van der Waals surface area contributed by atoms with Gasteiger partial charge in [0.25, 0.3) is 5.56 Å². The first-order chi connectivity index (χ1) is 14.1. The first-order valence-electron chi connectivity index (χ1n) is 9.06. The lowest BCUT2D eigenvalue weighted by Crippen LogP contribution is -2.37. The summed E-state index contributed by atoms with van der Waals surface area (Å²) in [7, 11) is 0. The molecule has 0 spiro atoms. The molecule has 2 amide bonds. The third-order valence-electron chi connectivity index (χ3n) is 4.40. The van der Waals surface area contributed by atoms with Crippen molar-refractivity contribution >= 4 is 33.3 Å². The van der Waals surface area contributed by atoms with Gasteiger partial charge >= 0.3 is 11.7 Å². The van der Waals surface area contributed by atoms with Crippen molar-refractivity contribution in [2.75, 3.05) is 11.9 Å². The van der Waals surface area contributed by atoms with Crippen LogP contribution < -0.4 is 21.9 Å². The van der Waals surface area contributed by atoms with Gasteiger partial charge in [-0.05, 0) is 54.8 Å². The fourth-order valence-corrected chi connectivity index (χ4v) is 4.00. The van der Waals surface area contributed by atoms with Gasteiger partial charge in [0.15, 0.2) is 0 Å². The minimum atomic E-state index is -0.444. The molecular weight excluding hydrogens is 388 g/mol. The zero-order chi connectivity index (χ0) is 20.4. The summed E-state index contributed by atoms with van der Waals surface area (Å²) in [6.45, 7) is 2.36. The monoisotopic (exact) mass is 406 g/mol. The molecule has 8 heteroatoms. The first kappa shape index (κ1) is 18.7. The molecule has 2 aromatic carbocycles. The third-order valence-corrected chi connectivity index (χ3v) is 5.30. The Morgan fingerprint density at radius 1 is 0.931 bits per heavy atom. The van der Waals surface area contributed by atoms with Crippen molar-refractivity contribution < 1.29 is 4.79 Å². The number of hydrogen-bond donors (Lipinski definition) is 2. The third kappa shape index (κ3) is 3.45. The van der Waals surface area contributed by atoms with E-state index in [-0.39, 0.29) is 11.6 Å². The van der Waals surface area contributed by atoms with E-state index in [1.165, 1.54) is 20.5 Å². The van der Waals surface area contributed by atoms with E-state index in [0.29, 0.717) is 33.8 Å². The Labute approximate surface area is 169 Å². The van der Waals surface area contributed by atoms with Crippen LogP contribution in [0.15, 0.2) is 75.6 Å². The summed E-state index contributed by atoms with van der Waals surface area (Å²) in [5.41, 5.74) is 0.933. The number of fused-ring (bicyclic) bond motifs is 1. The Bertz CT molecular complexity index is 1290. The summed E-state index contributed by atoms with van der Waals surface area (Å²) in [5.74, 6) is 0. The number of thiophene rings is 1. The highest BCUT2D eigenvalue weighted by molar-refractivity contribution is 7.16. The highest BCUT2D eigenvalue weighted by Crippen LogP contribution is 2.21. The van der Waals surface area contributed by atoms with Gasteiger partial charge in [-0.15, -0.1) is 11.3 Å². The molecule has 0 saturated carbocycles. The second kappa shape index (κ2) is 7.76. The molecule has 4 rings (SSSR count). The number of aromatic nitrogens is 2. The number of anilines is 1. The fraction of sp³-hybridized carbons (Fsp3) is 0.0952. The van der Waals surface area contributed by atoms with E-state index in [1.807, 2.05) is 13.0 Å². The molecule has 0 saturated heterocycles. The molecule has 0 aliphatic heterocycles. The van der Waals surface area contributed by atoms with Crippen molar-refractivity contribution in [3.05, 3.63) is 86.9 Å². The number of urea groups is 1. The maximum absolute atomic E-state index is 13.3. The quantitative estimate of drug-likeness (QED) is 0.545. The molecule has 0 aliphatic carbocycles. The van der Waals surface area contributed by atoms with E-state index in [4.69, 9.17) is 0 Å². The molecular formula is C21H18N4O3S. The molecule has 2 aromatic heterocycles. The number of nitrogens with zero attached hydrogens (tertiary/aromatic N) is 2. The predicted molar refractivity (Wildman–Crippen MR) is 116 cm³/mol. The molecule has 0 bridgehead atoms. The van der Waals surface area contributed by atoms with Crippen LogP contribution >= 0.6 is 11.3 Å². The minimum Gasteiger partial charge on any atom is -0.338 e. The summed E-state index contributed by atoms with van der Waals surface area (Å²) in [6.07, 6.45) is 0. The van der Waals surface area contributed by atoms with E-state index in [1.54, 1.807) is 60.0 Å². The molecule has 0 radical (unpaired) electrons. The highest BCUT2D eigenvalue weighted by Gasteiger charge is 2.16. The standard InChI is InChI=1S/C21H18N4O3S/c1-2-22-20(27)23-14-8-10-16(11-9-14)25-19-17(12-13-29-19)18(26)24(21(25)28)15-6-4-3-5-7-15/h3-13H,2H2,1H3,(H2,22,23,27). The van der Waals surface area contributed by atoms with Crippen LogP contribution in [0.5, 0.6) is 0 Å². The number of rotatable bonds is 4. The van der Waals surface area contributed by atoms with Gasteiger partial charge < -0.3 is 10.6 Å². The zero-order valence-electron chi connectivity index (χ0n) is 15.6. The van der Waals surface area contributed by atoms with Crippen LogP contribution in [-0.2, 0) is 0 Å². The summed E-state index contributed by atoms with van der Waals surface area (Å²) in [6, 6.07) is 17.2. The van der Waals surface area contributed by atoms with Crippen molar-refractivity contribution in [1.29, 1.82) is 0 Å². The smallest absolute Gasteiger partial charge is 0.338 e. The number of carbonyl (C=O) groups excluding carboxylic acids is 1. The summed E-state index contributed by atoms with van der Waals surface area (Å²) < 4.78 is 2.69. The van der Waals surface area contributed by atoms with Crippen LogP contribution in [0.2, 0.25) is 0 Å². The first-order valence-corrected chi connectivity index (χ1v) is 9.94. The van der Waals surface area contributed by atoms with Crippen LogP contribution in [0.25, 0.3) is 21.6 Å². The Hall–Kier alpha value is -3.65. The van der Waals surface area contributed by atoms with E-state index in [0.717, 1.165) is 0 Å². The SMILES string of the molecule is CCNC(=O)Nc1ccc(-n2c(=O)n(-c3ccccc3)c(=O)c3ccsc32)cc1. The molecule has 7 nitrogen and oxygen atoms in total. The molecule has 0 unspecified atom stereocenters. The molecule has 2 N–H and O–H groups in total. The van der Waals surface area contributed by atoms with E-state index in [2.05, 4.69) is 10.6 Å². The van der Waals surface area contributed by atoms with Gasteiger partial charge in [-0.2, -0.15) is 0 Å². The van der Waals surface area contributed by atoms with Crippen LogP contribution in [0.3, 0.4) is 0 Å². The maximum Gasteiger partial charge on any atom is 0.341 e. The Morgan fingerprint density at radius 2 is 1.62 bits per heavy atom. The fourth-order valence-electron chi connectivity index (χ4n) is 3.09. The lowest BCUT2D eigenvalue weighted by Gasteiger charge is -2.13. The number of amides is 2. The van der Waals surface area contributed by atoms with Crippen molar-refractivity contribution in [1.82, 2.24) is 14.5 Å². The highest BCUT2D eigenvalue weighted by atomic mass is 32.1. The molecule has 2 heterocycles. The predicted octanol–water partition coefficient (Wildman–Crippen LogP) is 3.34. The molecule has 146 valence electrons. The number of para-hydroxylation sites is 1. The van der Waals surface area contributed by atoms with Gasteiger partial charge in [-0.3, -0.25) is 9.36 Å². The molecule has 4 aromatic rings. The second-order valence-electron chi connectivity index (χ2n) is 6.26. The largest absolute Gasteiger partial charge is 0.341 e. The summed E-state index contributed by atoms with van der Waals surface area (Å²) in [4.78, 5) is 38.5. The van der Waals surface area contributed by atoms with E-state index in [9.17, 15) is 14.4 Å². The average molecular weight is 406 g/mol. The van der Waals surface area contributed by atoms with Crippen LogP contribution in [0, 0.1) is 0 Å². The van der Waals surface area contributed by atoms with Crippen molar-refractivity contribution in [3.63, 3.8) is 0 Å². The molecule has 0 fully saturated rings. The van der Waals surface area contributed by atoms with Crippen LogP contribution in [-0.4, -0.2) is 21.7 Å². The Morgan fingerprint density at radius 3 is 2.31 bits per heavy atom. The van der Waals surface area contributed by atoms with Gasteiger partial charge in [0, 0.05) is 12.2 Å². The number of hydrogen-bond acceptors (Lipinski definition) is 4. The number of benzene rings is 2. The van der Waals surface area contributed by atoms with Gasteiger partial charge in [0.05, 0.1) is 16.8 Å². The van der Waals surface area contributed by atoms with Gasteiger partial charge in [0.2, 0.25) is 0 Å². The molecule has 29 heavy (non-hydrogen) atoms. The topological polar surface area (TPSA) is 85.1 Å². The summed E-state index contributed by atoms with van der Waals surface area (Å²) >= 11 is 1.33. The zero-order valence-corrected chi connectivity index (χ0v) is 16.4. The number of carbonyl (C=O) groups is 1. The number of nitrogens with one attached hydrogen (secondary N) is 2. The Kier molecular flexibility index (Phi) is 5.01. The van der Waals surface area contributed by atoms with Crippen LogP contribution in [0.1, 0.15) is 6.92 Å². The van der Waals surface area contributed by atoms with Crippen molar-refractivity contribution in [2.24, 2.45) is 0 Å². The average Bonchev–Trinajstić information content (AvgIpc) is 3.20. The Balaban J connectivity index is 1.86. The van der Waals surface area contributed by atoms with Gasteiger partial charge in [-0.25, -0.2) is 14.2 Å². The normalized spacial score (nSPS) is 10.8. The van der Waals surface area contributed by atoms with Crippen molar-refractivity contribution in [2.45, 2.75) is 6.92 Å². The lowest BCUT2D eigenvalue weighted by atomic mass is 10.2. The van der Waals surface area contributed by atoms with Crippen LogP contribution in [0.4, 0.5) is 10.5 Å². The maximum atomic E-state index is 13.3. The second-order valence-corrected chi connectivity index (χ2v) is 7.16.